The lowest BCUT2D eigenvalue weighted by Crippen LogP contribution is -2.24. The van der Waals surface area contributed by atoms with Crippen LogP contribution in [0.4, 0.5) is 4.39 Å². The van der Waals surface area contributed by atoms with Gasteiger partial charge in [-0.15, -0.1) is 0 Å². The Hall–Kier alpha value is -2.88. The molecule has 122 valence electrons. The number of hydrogen-bond donors (Lipinski definition) is 2. The lowest BCUT2D eigenvalue weighted by atomic mass is 10.0. The normalized spacial score (nSPS) is 10.5. The molecule has 3 nitrogen and oxygen atoms in total. The molecule has 4 heteroatoms. The lowest BCUT2D eigenvalue weighted by molar-refractivity contribution is 0.0949. The molecule has 0 bridgehead atoms. The summed E-state index contributed by atoms with van der Waals surface area (Å²) in [5, 5.41) is 2.88. The van der Waals surface area contributed by atoms with Gasteiger partial charge < -0.3 is 10.3 Å². The van der Waals surface area contributed by atoms with Crippen LogP contribution < -0.4 is 5.32 Å². The maximum atomic E-state index is 13.8. The van der Waals surface area contributed by atoms with Crippen LogP contribution in [0.15, 0.2) is 66.9 Å². The largest absolute Gasteiger partial charge is 0.357 e. The molecule has 0 radical (unpaired) electrons. The van der Waals surface area contributed by atoms with Crippen molar-refractivity contribution in [2.45, 2.75) is 12.8 Å². The van der Waals surface area contributed by atoms with Crippen molar-refractivity contribution in [3.8, 4) is 11.1 Å². The summed E-state index contributed by atoms with van der Waals surface area (Å²) in [6.45, 7) is 0.618. The number of carbonyl (C=O) groups is 1. The first kappa shape index (κ1) is 16.0. The molecule has 0 unspecified atom stereocenters. The smallest absolute Gasteiger partial charge is 0.267 e. The fourth-order valence-electron chi connectivity index (χ4n) is 2.61. The van der Waals surface area contributed by atoms with Gasteiger partial charge in [-0.05, 0) is 42.2 Å². The maximum Gasteiger partial charge on any atom is 0.267 e. The average molecular weight is 322 g/mol. The highest BCUT2D eigenvalue weighted by Crippen LogP contribution is 2.22. The summed E-state index contributed by atoms with van der Waals surface area (Å²) in [5.41, 5.74) is 3.23. The van der Waals surface area contributed by atoms with Crippen LogP contribution in [-0.2, 0) is 6.42 Å². The van der Waals surface area contributed by atoms with E-state index in [1.807, 2.05) is 30.3 Å². The molecule has 0 fully saturated rings. The fraction of sp³-hybridized carbons (Fsp3) is 0.150. The van der Waals surface area contributed by atoms with Crippen molar-refractivity contribution in [3.05, 3.63) is 83.9 Å². The summed E-state index contributed by atoms with van der Waals surface area (Å²) in [5.74, 6) is -0.299. The summed E-state index contributed by atoms with van der Waals surface area (Å²) in [6, 6.07) is 18.2. The molecule has 2 N–H and O–H groups in total. The molecular formula is C20H19FN2O. The van der Waals surface area contributed by atoms with Gasteiger partial charge in [-0.25, -0.2) is 4.39 Å². The summed E-state index contributed by atoms with van der Waals surface area (Å²) < 4.78 is 13.8. The van der Waals surface area contributed by atoms with Gasteiger partial charge in [0.15, 0.2) is 0 Å². The van der Waals surface area contributed by atoms with Crippen LogP contribution in [0.3, 0.4) is 0 Å². The molecule has 2 aromatic carbocycles. The third kappa shape index (κ3) is 3.90. The van der Waals surface area contributed by atoms with Crippen molar-refractivity contribution in [2.24, 2.45) is 0 Å². The molecular weight excluding hydrogens is 303 g/mol. The Morgan fingerprint density at radius 1 is 1.00 bits per heavy atom. The summed E-state index contributed by atoms with van der Waals surface area (Å²) in [7, 11) is 0. The van der Waals surface area contributed by atoms with E-state index in [9.17, 15) is 9.18 Å². The summed E-state index contributed by atoms with van der Waals surface area (Å²) in [4.78, 5) is 14.7. The molecule has 0 spiro atoms. The minimum Gasteiger partial charge on any atom is -0.357 e. The highest BCUT2D eigenvalue weighted by atomic mass is 19.1. The third-order valence-corrected chi connectivity index (χ3v) is 3.91. The number of aryl methyl sites for hydroxylation is 1. The first-order valence-electron chi connectivity index (χ1n) is 7.99. The molecule has 1 aromatic heterocycles. The van der Waals surface area contributed by atoms with E-state index < -0.39 is 0 Å². The summed E-state index contributed by atoms with van der Waals surface area (Å²) in [6.07, 6.45) is 3.44. The lowest BCUT2D eigenvalue weighted by Gasteiger charge is -2.06. The number of aromatic nitrogens is 1. The van der Waals surface area contributed by atoms with Crippen molar-refractivity contribution in [3.63, 3.8) is 0 Å². The van der Waals surface area contributed by atoms with Crippen molar-refractivity contribution in [2.75, 3.05) is 6.54 Å². The van der Waals surface area contributed by atoms with E-state index in [2.05, 4.69) is 10.3 Å². The molecule has 0 aliphatic heterocycles. The first-order valence-corrected chi connectivity index (χ1v) is 7.99. The van der Waals surface area contributed by atoms with E-state index in [1.165, 1.54) is 11.6 Å². The zero-order valence-electron chi connectivity index (χ0n) is 13.3. The molecule has 1 heterocycles. The Labute approximate surface area is 140 Å². The van der Waals surface area contributed by atoms with Crippen molar-refractivity contribution < 1.29 is 9.18 Å². The second-order valence-corrected chi connectivity index (χ2v) is 5.62. The number of carbonyl (C=O) groups excluding carboxylic acids is 1. The zero-order chi connectivity index (χ0) is 16.8. The second-order valence-electron chi connectivity index (χ2n) is 5.62. The van der Waals surface area contributed by atoms with Crippen molar-refractivity contribution in [1.82, 2.24) is 10.3 Å². The molecule has 24 heavy (non-hydrogen) atoms. The Kier molecular flexibility index (Phi) is 5.06. The minimum atomic E-state index is -0.211. The van der Waals surface area contributed by atoms with Crippen LogP contribution in [0.25, 0.3) is 11.1 Å². The van der Waals surface area contributed by atoms with Gasteiger partial charge >= 0.3 is 0 Å². The molecule has 3 rings (SSSR count). The Morgan fingerprint density at radius 2 is 1.79 bits per heavy atom. The van der Waals surface area contributed by atoms with Gasteiger partial charge in [0.1, 0.15) is 11.5 Å². The molecule has 0 saturated carbocycles. The number of halogens is 1. The molecule has 0 aliphatic carbocycles. The number of H-pyrrole nitrogens is 1. The van der Waals surface area contributed by atoms with E-state index in [0.29, 0.717) is 17.8 Å². The highest BCUT2D eigenvalue weighted by Gasteiger charge is 2.05. The number of aromatic amines is 1. The molecule has 3 aromatic rings. The van der Waals surface area contributed by atoms with Gasteiger partial charge in [-0.2, -0.15) is 0 Å². The third-order valence-electron chi connectivity index (χ3n) is 3.91. The van der Waals surface area contributed by atoms with E-state index in [-0.39, 0.29) is 11.7 Å². The Balaban J connectivity index is 1.50. The minimum absolute atomic E-state index is 0.0881. The average Bonchev–Trinajstić information content (AvgIpc) is 3.14. The van der Waals surface area contributed by atoms with Gasteiger partial charge in [0, 0.05) is 18.3 Å². The van der Waals surface area contributed by atoms with Gasteiger partial charge in [-0.3, -0.25) is 4.79 Å². The standard InChI is InChI=1S/C20H19FN2O/c21-18-7-2-1-6-17(18)16-11-9-15(10-12-16)5-3-14-23-20(24)19-8-4-13-22-19/h1-2,4,6-13,22H,3,5,14H2,(H,23,24). The zero-order valence-corrected chi connectivity index (χ0v) is 13.3. The van der Waals surface area contributed by atoms with E-state index in [4.69, 9.17) is 0 Å². The van der Waals surface area contributed by atoms with Crippen LogP contribution in [0.1, 0.15) is 22.5 Å². The van der Waals surface area contributed by atoms with Gasteiger partial charge in [-0.1, -0.05) is 42.5 Å². The quantitative estimate of drug-likeness (QED) is 0.657. The number of nitrogens with one attached hydrogen (secondary N) is 2. The van der Waals surface area contributed by atoms with Crippen molar-refractivity contribution in [1.29, 1.82) is 0 Å². The first-order chi connectivity index (χ1) is 11.7. The van der Waals surface area contributed by atoms with Crippen LogP contribution >= 0.6 is 0 Å². The van der Waals surface area contributed by atoms with Crippen molar-refractivity contribution >= 4 is 5.91 Å². The molecule has 1 amide bonds. The fourth-order valence-corrected chi connectivity index (χ4v) is 2.61. The SMILES string of the molecule is O=C(NCCCc1ccc(-c2ccccc2F)cc1)c1ccc[nH]1. The Bertz CT molecular complexity index is 795. The van der Waals surface area contributed by atoms with E-state index in [1.54, 1.807) is 30.5 Å². The monoisotopic (exact) mass is 322 g/mol. The van der Waals surface area contributed by atoms with Crippen LogP contribution in [0, 0.1) is 5.82 Å². The topological polar surface area (TPSA) is 44.9 Å². The maximum absolute atomic E-state index is 13.8. The molecule has 0 aliphatic rings. The predicted octanol–water partition coefficient (Wildman–Crippen LogP) is 4.18. The second kappa shape index (κ2) is 7.59. The number of rotatable bonds is 6. The highest BCUT2D eigenvalue weighted by molar-refractivity contribution is 5.92. The number of amides is 1. The predicted molar refractivity (Wildman–Crippen MR) is 93.3 cm³/mol. The van der Waals surface area contributed by atoms with Crippen LogP contribution in [-0.4, -0.2) is 17.4 Å². The van der Waals surface area contributed by atoms with E-state index >= 15 is 0 Å². The van der Waals surface area contributed by atoms with Gasteiger partial charge in [0.05, 0.1) is 0 Å². The molecule has 0 saturated heterocycles. The van der Waals surface area contributed by atoms with Crippen LogP contribution in [0.2, 0.25) is 0 Å². The number of hydrogen-bond acceptors (Lipinski definition) is 1. The summed E-state index contributed by atoms with van der Waals surface area (Å²) >= 11 is 0. The van der Waals surface area contributed by atoms with Crippen LogP contribution in [0.5, 0.6) is 0 Å². The van der Waals surface area contributed by atoms with Gasteiger partial charge in [0.2, 0.25) is 0 Å². The Morgan fingerprint density at radius 3 is 2.50 bits per heavy atom. The van der Waals surface area contributed by atoms with E-state index in [0.717, 1.165) is 18.4 Å². The molecule has 0 atom stereocenters. The number of benzene rings is 2. The van der Waals surface area contributed by atoms with Gasteiger partial charge in [0.25, 0.3) is 5.91 Å².